The van der Waals surface area contributed by atoms with E-state index in [2.05, 4.69) is 85.5 Å². The molecule has 0 amide bonds. The van der Waals surface area contributed by atoms with Crippen LogP contribution in [0.25, 0.3) is 0 Å². The van der Waals surface area contributed by atoms with Crippen molar-refractivity contribution in [2.45, 2.75) is 261 Å². The largest absolute Gasteiger partial charge is 0.499 e. The number of hydrogen-bond acceptors (Lipinski definition) is 5. The fraction of sp³-hybridized carbons (Fsp3) is 0.918. The molecular weight excluding hydrogens is 665 g/mol. The molecule has 0 heterocycles. The summed E-state index contributed by atoms with van der Waals surface area (Å²) in [7, 11) is 1.98. The highest BCUT2D eigenvalue weighted by Gasteiger charge is 2.15. The zero-order valence-corrected chi connectivity index (χ0v) is 38.9. The molecule has 0 aromatic carbocycles. The summed E-state index contributed by atoms with van der Waals surface area (Å²) in [5, 5.41) is 13.9. The van der Waals surface area contributed by atoms with E-state index >= 15 is 0 Å². The number of aliphatic hydroxyl groups is 1. The van der Waals surface area contributed by atoms with E-state index in [1.165, 1.54) is 140 Å². The van der Waals surface area contributed by atoms with E-state index in [4.69, 9.17) is 4.74 Å². The molecule has 0 fully saturated rings. The van der Waals surface area contributed by atoms with Crippen LogP contribution in [0.1, 0.15) is 249 Å². The Morgan fingerprint density at radius 2 is 1.06 bits per heavy atom. The van der Waals surface area contributed by atoms with Gasteiger partial charge in [-0.1, -0.05) is 221 Å². The lowest BCUT2D eigenvalue weighted by Crippen LogP contribution is -2.34. The quantitative estimate of drug-likeness (QED) is 0.0298. The number of allylic oxidation sites excluding steroid dienone is 2. The predicted molar refractivity (Wildman–Crippen MR) is 246 cm³/mol. The average Bonchev–Trinajstić information content (AvgIpc) is 3.13. The monoisotopic (exact) mass is 767 g/mol. The van der Waals surface area contributed by atoms with Gasteiger partial charge in [0.2, 0.25) is 0 Å². The van der Waals surface area contributed by atoms with Crippen molar-refractivity contribution in [3.63, 3.8) is 0 Å². The van der Waals surface area contributed by atoms with E-state index in [-0.39, 0.29) is 12.1 Å². The van der Waals surface area contributed by atoms with Gasteiger partial charge in [0.25, 0.3) is 0 Å². The molecule has 5 nitrogen and oxygen atoms in total. The van der Waals surface area contributed by atoms with Crippen molar-refractivity contribution < 1.29 is 9.84 Å². The van der Waals surface area contributed by atoms with Crippen LogP contribution in [0.15, 0.2) is 29.7 Å². The van der Waals surface area contributed by atoms with Gasteiger partial charge in [-0.05, 0) is 57.9 Å². The van der Waals surface area contributed by atoms with Crippen molar-refractivity contribution in [1.82, 2.24) is 4.90 Å². The number of likely N-dealkylation sites (N-methyl/N-ethyl adjacent to an activating group) is 1. The Morgan fingerprint density at radius 1 is 0.593 bits per heavy atom. The van der Waals surface area contributed by atoms with Crippen LogP contribution in [-0.4, -0.2) is 48.9 Å². The molecular formula is C49H102N2O3. The van der Waals surface area contributed by atoms with Gasteiger partial charge in [-0.3, -0.25) is 0 Å². The van der Waals surface area contributed by atoms with Crippen LogP contribution in [0.4, 0.5) is 0 Å². The molecule has 0 rings (SSSR count). The minimum Gasteiger partial charge on any atom is -0.499 e. The maximum atomic E-state index is 11.5. The van der Waals surface area contributed by atoms with Crippen molar-refractivity contribution in [3.05, 3.63) is 29.4 Å². The summed E-state index contributed by atoms with van der Waals surface area (Å²) in [6, 6.07) is -0.258. The molecule has 0 aromatic rings. The van der Waals surface area contributed by atoms with E-state index in [1.54, 1.807) is 0 Å². The molecule has 0 aliphatic heterocycles. The standard InChI is InChI=1S/C40H78N2O3.3C3H8/c1-7-10-12-14-16-17-18-20-25-32-45-37(5)28-26-30-39(41-44)34-42(6)35-40(43)31-24-21-22-27-36(4)33-38(9-3)29-23-19-15-13-11-8-2;3*1-3-2/h38-40,43H,4-5,7-35H2,1-3,6H3;3*3H2,1-2H3. The second kappa shape index (κ2) is 51.8. The van der Waals surface area contributed by atoms with Crippen LogP contribution in [0.5, 0.6) is 0 Å². The lowest BCUT2D eigenvalue weighted by molar-refractivity contribution is 0.112. The molecule has 3 atom stereocenters. The van der Waals surface area contributed by atoms with Gasteiger partial charge in [0.1, 0.15) is 6.04 Å². The average molecular weight is 767 g/mol. The minimum atomic E-state index is -0.360. The smallest absolute Gasteiger partial charge is 0.105 e. The van der Waals surface area contributed by atoms with Crippen LogP contribution in [0, 0.1) is 10.8 Å². The number of rotatable bonds is 36. The molecule has 0 saturated carbocycles. The van der Waals surface area contributed by atoms with Gasteiger partial charge in [-0.2, -0.15) is 4.91 Å². The number of nitrogens with zero attached hydrogens (tertiary/aromatic N) is 2. The van der Waals surface area contributed by atoms with Gasteiger partial charge >= 0.3 is 0 Å². The second-order valence-corrected chi connectivity index (χ2v) is 16.2. The molecule has 0 saturated heterocycles. The maximum Gasteiger partial charge on any atom is 0.105 e. The minimum absolute atomic E-state index is 0.258. The summed E-state index contributed by atoms with van der Waals surface area (Å²) in [6.45, 7) is 30.0. The number of hydrogen-bond donors (Lipinski definition) is 1. The maximum absolute atomic E-state index is 11.5. The number of nitroso groups, excluding NO2 is 1. The Kier molecular flexibility index (Phi) is 57.1. The zero-order chi connectivity index (χ0) is 41.5. The van der Waals surface area contributed by atoms with Gasteiger partial charge in [0.15, 0.2) is 0 Å². The molecule has 54 heavy (non-hydrogen) atoms. The van der Waals surface area contributed by atoms with Crippen molar-refractivity contribution in [3.8, 4) is 0 Å². The van der Waals surface area contributed by atoms with Crippen molar-refractivity contribution in [2.24, 2.45) is 11.1 Å². The summed E-state index contributed by atoms with van der Waals surface area (Å²) >= 11 is 0. The van der Waals surface area contributed by atoms with Crippen LogP contribution in [-0.2, 0) is 4.74 Å². The van der Waals surface area contributed by atoms with Crippen molar-refractivity contribution in [2.75, 3.05) is 26.7 Å². The normalized spacial score (nSPS) is 12.3. The first kappa shape index (κ1) is 59.5. The second-order valence-electron chi connectivity index (χ2n) is 16.2. The van der Waals surface area contributed by atoms with Gasteiger partial charge < -0.3 is 14.7 Å². The molecule has 0 spiro atoms. The van der Waals surface area contributed by atoms with Gasteiger partial charge in [-0.15, -0.1) is 0 Å². The molecule has 0 aromatic heterocycles. The topological polar surface area (TPSA) is 62.1 Å². The molecule has 0 bridgehead atoms. The van der Waals surface area contributed by atoms with E-state index < -0.39 is 0 Å². The van der Waals surface area contributed by atoms with Crippen LogP contribution >= 0.6 is 0 Å². The van der Waals surface area contributed by atoms with Crippen LogP contribution in [0.2, 0.25) is 0 Å². The highest BCUT2D eigenvalue weighted by atomic mass is 16.5. The Bertz CT molecular complexity index is 723. The lowest BCUT2D eigenvalue weighted by Gasteiger charge is -2.22. The molecule has 0 radical (unpaired) electrons. The molecule has 3 unspecified atom stereocenters. The van der Waals surface area contributed by atoms with E-state index in [1.807, 2.05) is 7.05 Å². The summed E-state index contributed by atoms with van der Waals surface area (Å²) in [5.74, 6) is 1.62. The third-order valence-electron chi connectivity index (χ3n) is 9.43. The fourth-order valence-corrected chi connectivity index (χ4v) is 6.40. The Labute approximate surface area is 341 Å². The van der Waals surface area contributed by atoms with Gasteiger partial charge in [-0.25, -0.2) is 0 Å². The molecule has 0 aliphatic rings. The number of aliphatic hydroxyl groups excluding tert-OH is 1. The predicted octanol–water partition coefficient (Wildman–Crippen LogP) is 16.6. The Balaban J connectivity index is -0.00000125. The van der Waals surface area contributed by atoms with Crippen LogP contribution in [0.3, 0.4) is 0 Å². The highest BCUT2D eigenvalue weighted by molar-refractivity contribution is 4.95. The first-order chi connectivity index (χ1) is 26.1. The number of ether oxygens (including phenoxy) is 1. The van der Waals surface area contributed by atoms with E-state index in [9.17, 15) is 10.0 Å². The highest BCUT2D eigenvalue weighted by Crippen LogP contribution is 2.24. The van der Waals surface area contributed by atoms with Gasteiger partial charge in [0.05, 0.1) is 18.5 Å². The lowest BCUT2D eigenvalue weighted by atomic mass is 9.90. The summed E-state index contributed by atoms with van der Waals surface area (Å²) in [6.07, 6.45) is 34.8. The Hall–Kier alpha value is -1.20. The number of unbranched alkanes of at least 4 members (excludes halogenated alkanes) is 15. The summed E-state index contributed by atoms with van der Waals surface area (Å²) in [4.78, 5) is 13.5. The van der Waals surface area contributed by atoms with E-state index in [0.717, 1.165) is 69.7 Å². The Morgan fingerprint density at radius 3 is 1.56 bits per heavy atom. The third-order valence-corrected chi connectivity index (χ3v) is 9.43. The third kappa shape index (κ3) is 52.9. The zero-order valence-electron chi connectivity index (χ0n) is 38.9. The van der Waals surface area contributed by atoms with Gasteiger partial charge in [0, 0.05) is 19.5 Å². The molecule has 326 valence electrons. The summed E-state index contributed by atoms with van der Waals surface area (Å²) < 4.78 is 5.82. The SMILES string of the molecule is C=C(CCCCCC(O)CN(C)CC(CCCC(=C)OCCCCCCCCCCC)N=O)CC(CC)CCCCCCCC.CCC.CCC.CCC. The van der Waals surface area contributed by atoms with Crippen LogP contribution < -0.4 is 0 Å². The van der Waals surface area contributed by atoms with E-state index in [0.29, 0.717) is 13.1 Å². The summed E-state index contributed by atoms with van der Waals surface area (Å²) in [5.41, 5.74) is 1.41. The fourth-order valence-electron chi connectivity index (χ4n) is 6.40. The molecule has 0 aliphatic carbocycles. The molecule has 1 N–H and O–H groups in total. The molecule has 5 heteroatoms. The van der Waals surface area contributed by atoms with Crippen molar-refractivity contribution >= 4 is 0 Å². The van der Waals surface area contributed by atoms with Crippen molar-refractivity contribution in [1.29, 1.82) is 0 Å². The first-order valence-corrected chi connectivity index (χ1v) is 23.8. The first-order valence-electron chi connectivity index (χ1n) is 23.8.